The third-order valence-corrected chi connectivity index (χ3v) is 2.18. The van der Waals surface area contributed by atoms with Gasteiger partial charge in [-0.25, -0.2) is 4.79 Å². The molecule has 0 unspecified atom stereocenters. The van der Waals surface area contributed by atoms with Gasteiger partial charge in [0, 0.05) is 19.8 Å². The van der Waals surface area contributed by atoms with Crippen LogP contribution in [0.3, 0.4) is 0 Å². The van der Waals surface area contributed by atoms with Crippen molar-refractivity contribution >= 4 is 6.09 Å². The van der Waals surface area contributed by atoms with Gasteiger partial charge in [0.15, 0.2) is 0 Å². The summed E-state index contributed by atoms with van der Waals surface area (Å²) in [5.41, 5.74) is -0.424. The van der Waals surface area contributed by atoms with E-state index in [0.29, 0.717) is 13.2 Å². The molecule has 0 heterocycles. The van der Waals surface area contributed by atoms with Gasteiger partial charge in [-0.1, -0.05) is 0 Å². The van der Waals surface area contributed by atoms with E-state index in [9.17, 15) is 4.79 Å². The quantitative estimate of drug-likeness (QED) is 0.711. The van der Waals surface area contributed by atoms with Crippen LogP contribution in [0.4, 0.5) is 4.79 Å². The van der Waals surface area contributed by atoms with Crippen molar-refractivity contribution < 1.29 is 14.3 Å². The largest absolute Gasteiger partial charge is 0.444 e. The van der Waals surface area contributed by atoms with Gasteiger partial charge >= 0.3 is 6.09 Å². The third kappa shape index (κ3) is 7.51. The SMILES string of the molecule is CC(C)(C)OC(=O)NCCCOCC1CC1. The number of carbonyl (C=O) groups is 1. The van der Waals surface area contributed by atoms with Crippen LogP contribution in [0, 0.1) is 5.92 Å². The summed E-state index contributed by atoms with van der Waals surface area (Å²) in [4.78, 5) is 11.2. The molecule has 0 radical (unpaired) electrons. The van der Waals surface area contributed by atoms with Gasteiger partial charge in [0.2, 0.25) is 0 Å². The number of ether oxygens (including phenoxy) is 2. The molecule has 1 saturated carbocycles. The van der Waals surface area contributed by atoms with Gasteiger partial charge in [0.05, 0.1) is 0 Å². The van der Waals surface area contributed by atoms with Gasteiger partial charge in [-0.3, -0.25) is 0 Å². The zero-order valence-electron chi connectivity index (χ0n) is 10.5. The number of alkyl carbamates (subject to hydrolysis) is 1. The first-order valence-electron chi connectivity index (χ1n) is 6.02. The highest BCUT2D eigenvalue weighted by Gasteiger charge is 2.20. The van der Waals surface area contributed by atoms with Crippen molar-refractivity contribution in [3.05, 3.63) is 0 Å². The molecule has 1 aliphatic rings. The van der Waals surface area contributed by atoms with E-state index in [1.165, 1.54) is 12.8 Å². The van der Waals surface area contributed by atoms with Crippen LogP contribution >= 0.6 is 0 Å². The summed E-state index contributed by atoms with van der Waals surface area (Å²) in [6.07, 6.45) is 3.12. The Kier molecular flexibility index (Phi) is 5.06. The van der Waals surface area contributed by atoms with Crippen LogP contribution in [0.15, 0.2) is 0 Å². The fourth-order valence-electron chi connectivity index (χ4n) is 1.21. The van der Waals surface area contributed by atoms with Crippen LogP contribution < -0.4 is 5.32 Å². The first-order chi connectivity index (χ1) is 7.47. The fourth-order valence-corrected chi connectivity index (χ4v) is 1.21. The standard InChI is InChI=1S/C12H23NO3/c1-12(2,3)16-11(14)13-7-4-8-15-9-10-5-6-10/h10H,4-9H2,1-3H3,(H,13,14). The van der Waals surface area contributed by atoms with Crippen LogP contribution in [0.25, 0.3) is 0 Å². The maximum absolute atomic E-state index is 11.2. The molecule has 1 N–H and O–H groups in total. The highest BCUT2D eigenvalue weighted by Crippen LogP contribution is 2.28. The molecule has 0 aliphatic heterocycles. The van der Waals surface area contributed by atoms with Gasteiger partial charge in [-0.2, -0.15) is 0 Å². The summed E-state index contributed by atoms with van der Waals surface area (Å²) in [6, 6.07) is 0. The van der Waals surface area contributed by atoms with Gasteiger partial charge < -0.3 is 14.8 Å². The zero-order chi connectivity index (χ0) is 12.0. The van der Waals surface area contributed by atoms with Crippen LogP contribution in [0.2, 0.25) is 0 Å². The molecule has 4 heteroatoms. The van der Waals surface area contributed by atoms with Crippen molar-refractivity contribution in [3.63, 3.8) is 0 Å². The Morgan fingerprint density at radius 2 is 2.06 bits per heavy atom. The normalized spacial score (nSPS) is 15.9. The lowest BCUT2D eigenvalue weighted by Gasteiger charge is -2.19. The Hall–Kier alpha value is -0.770. The van der Waals surface area contributed by atoms with E-state index in [1.807, 2.05) is 20.8 Å². The average Bonchev–Trinajstić information content (AvgIpc) is 2.91. The molecule has 0 saturated heterocycles. The van der Waals surface area contributed by atoms with E-state index in [-0.39, 0.29) is 6.09 Å². The zero-order valence-corrected chi connectivity index (χ0v) is 10.5. The van der Waals surface area contributed by atoms with Crippen LogP contribution in [0.5, 0.6) is 0 Å². The molecule has 16 heavy (non-hydrogen) atoms. The minimum absolute atomic E-state index is 0.352. The first-order valence-corrected chi connectivity index (χ1v) is 6.02. The lowest BCUT2D eigenvalue weighted by molar-refractivity contribution is 0.0519. The predicted molar refractivity (Wildman–Crippen MR) is 62.4 cm³/mol. The van der Waals surface area contributed by atoms with Crippen LogP contribution in [-0.4, -0.2) is 31.5 Å². The van der Waals surface area contributed by atoms with Crippen molar-refractivity contribution in [2.24, 2.45) is 5.92 Å². The van der Waals surface area contributed by atoms with Crippen molar-refractivity contribution in [2.45, 2.75) is 45.6 Å². The van der Waals surface area contributed by atoms with Crippen LogP contribution in [-0.2, 0) is 9.47 Å². The predicted octanol–water partition coefficient (Wildman–Crippen LogP) is 2.33. The molecule has 0 bridgehead atoms. The summed E-state index contributed by atoms with van der Waals surface area (Å²) in [7, 11) is 0. The second-order valence-corrected chi connectivity index (χ2v) is 5.30. The Labute approximate surface area is 97.7 Å². The molecular weight excluding hydrogens is 206 g/mol. The Bertz CT molecular complexity index is 219. The summed E-state index contributed by atoms with van der Waals surface area (Å²) >= 11 is 0. The van der Waals surface area contributed by atoms with Crippen molar-refractivity contribution in [1.82, 2.24) is 5.32 Å². The van der Waals surface area contributed by atoms with Crippen molar-refractivity contribution in [1.29, 1.82) is 0 Å². The van der Waals surface area contributed by atoms with Gasteiger partial charge in [0.1, 0.15) is 5.60 Å². The molecule has 0 aromatic heterocycles. The lowest BCUT2D eigenvalue weighted by Crippen LogP contribution is -2.33. The maximum Gasteiger partial charge on any atom is 0.407 e. The molecule has 0 atom stereocenters. The summed E-state index contributed by atoms with van der Waals surface area (Å²) in [5, 5.41) is 2.70. The molecule has 1 amide bonds. The number of nitrogens with one attached hydrogen (secondary N) is 1. The van der Waals surface area contributed by atoms with E-state index >= 15 is 0 Å². The van der Waals surface area contributed by atoms with Gasteiger partial charge in [-0.15, -0.1) is 0 Å². The molecule has 1 fully saturated rings. The molecule has 0 aromatic rings. The Balaban J connectivity index is 1.87. The number of rotatable bonds is 6. The van der Waals surface area contributed by atoms with Gasteiger partial charge in [0.25, 0.3) is 0 Å². The minimum Gasteiger partial charge on any atom is -0.444 e. The highest BCUT2D eigenvalue weighted by molar-refractivity contribution is 5.67. The van der Waals surface area contributed by atoms with Gasteiger partial charge in [-0.05, 0) is 46.0 Å². The number of amides is 1. The first kappa shape index (κ1) is 13.3. The summed E-state index contributed by atoms with van der Waals surface area (Å²) < 4.78 is 10.5. The molecule has 1 rings (SSSR count). The minimum atomic E-state index is -0.424. The number of hydrogen-bond donors (Lipinski definition) is 1. The monoisotopic (exact) mass is 229 g/mol. The molecule has 0 spiro atoms. The molecular formula is C12H23NO3. The molecule has 4 nitrogen and oxygen atoms in total. The van der Waals surface area contributed by atoms with E-state index in [4.69, 9.17) is 9.47 Å². The second-order valence-electron chi connectivity index (χ2n) is 5.30. The molecule has 0 aromatic carbocycles. The number of carbonyl (C=O) groups excluding carboxylic acids is 1. The van der Waals surface area contributed by atoms with Crippen LogP contribution in [0.1, 0.15) is 40.0 Å². The Morgan fingerprint density at radius 1 is 1.38 bits per heavy atom. The highest BCUT2D eigenvalue weighted by atomic mass is 16.6. The molecule has 1 aliphatic carbocycles. The third-order valence-electron chi connectivity index (χ3n) is 2.18. The van der Waals surface area contributed by atoms with E-state index in [1.54, 1.807) is 0 Å². The van der Waals surface area contributed by atoms with E-state index in [2.05, 4.69) is 5.32 Å². The van der Waals surface area contributed by atoms with Crippen molar-refractivity contribution in [2.75, 3.05) is 19.8 Å². The Morgan fingerprint density at radius 3 is 2.62 bits per heavy atom. The lowest BCUT2D eigenvalue weighted by atomic mass is 10.2. The summed E-state index contributed by atoms with van der Waals surface area (Å²) in [6.45, 7) is 7.76. The summed E-state index contributed by atoms with van der Waals surface area (Å²) in [5.74, 6) is 0.804. The van der Waals surface area contributed by atoms with Crippen molar-refractivity contribution in [3.8, 4) is 0 Å². The topological polar surface area (TPSA) is 47.6 Å². The second kappa shape index (κ2) is 6.09. The van der Waals surface area contributed by atoms with E-state index < -0.39 is 5.60 Å². The van der Waals surface area contributed by atoms with E-state index in [0.717, 1.165) is 18.9 Å². The fraction of sp³-hybridized carbons (Fsp3) is 0.917. The number of hydrogen-bond acceptors (Lipinski definition) is 3. The smallest absolute Gasteiger partial charge is 0.407 e. The maximum atomic E-state index is 11.2. The average molecular weight is 229 g/mol. The molecule has 94 valence electrons.